The fourth-order valence-electron chi connectivity index (χ4n) is 1.53. The number of H-pyrrole nitrogens is 1. The molecule has 2 aromatic rings. The van der Waals surface area contributed by atoms with Crippen LogP contribution < -0.4 is 0 Å². The maximum Gasteiger partial charge on any atom is 0.198 e. The average Bonchev–Trinajstić information content (AvgIpc) is 2.75. The Kier molecular flexibility index (Phi) is 1.50. The second-order valence-corrected chi connectivity index (χ2v) is 3.75. The van der Waals surface area contributed by atoms with Crippen molar-refractivity contribution in [3.8, 4) is 11.3 Å². The SMILES string of the molecule is Cc1[nH]ncc1-c1cnc(C2CC2)o1. The van der Waals surface area contributed by atoms with Crippen molar-refractivity contribution in [2.24, 2.45) is 0 Å². The zero-order chi connectivity index (χ0) is 9.54. The summed E-state index contributed by atoms with van der Waals surface area (Å²) in [6.07, 6.45) is 5.98. The van der Waals surface area contributed by atoms with E-state index >= 15 is 0 Å². The van der Waals surface area contributed by atoms with Gasteiger partial charge in [0.25, 0.3) is 0 Å². The van der Waals surface area contributed by atoms with Crippen molar-refractivity contribution in [3.63, 3.8) is 0 Å². The van der Waals surface area contributed by atoms with Gasteiger partial charge in [0.15, 0.2) is 11.7 Å². The summed E-state index contributed by atoms with van der Waals surface area (Å²) in [6, 6.07) is 0. The van der Waals surface area contributed by atoms with Gasteiger partial charge in [0, 0.05) is 11.6 Å². The van der Waals surface area contributed by atoms with Crippen molar-refractivity contribution in [3.05, 3.63) is 24.0 Å². The third kappa shape index (κ3) is 1.14. The van der Waals surface area contributed by atoms with E-state index < -0.39 is 0 Å². The van der Waals surface area contributed by atoms with Crippen molar-refractivity contribution in [2.45, 2.75) is 25.7 Å². The molecule has 2 heterocycles. The number of rotatable bonds is 2. The highest BCUT2D eigenvalue weighted by Gasteiger charge is 2.28. The minimum atomic E-state index is 0.566. The molecule has 4 heteroatoms. The predicted octanol–water partition coefficient (Wildman–Crippen LogP) is 2.25. The predicted molar refractivity (Wildman–Crippen MR) is 50.8 cm³/mol. The number of nitrogens with one attached hydrogen (secondary N) is 1. The lowest BCUT2D eigenvalue weighted by atomic mass is 10.2. The molecule has 0 aromatic carbocycles. The van der Waals surface area contributed by atoms with Crippen LogP contribution in [0.15, 0.2) is 16.8 Å². The van der Waals surface area contributed by atoms with Crippen LogP contribution in [-0.4, -0.2) is 15.2 Å². The highest BCUT2D eigenvalue weighted by Crippen LogP contribution is 2.40. The Balaban J connectivity index is 1.99. The van der Waals surface area contributed by atoms with E-state index in [1.54, 1.807) is 12.4 Å². The van der Waals surface area contributed by atoms with Crippen LogP contribution in [0.25, 0.3) is 11.3 Å². The van der Waals surface area contributed by atoms with Gasteiger partial charge in [0.1, 0.15) is 0 Å². The van der Waals surface area contributed by atoms with Gasteiger partial charge in [-0.25, -0.2) is 4.98 Å². The number of oxazole rings is 1. The molecule has 0 saturated heterocycles. The molecule has 2 aromatic heterocycles. The number of aromatic nitrogens is 3. The van der Waals surface area contributed by atoms with E-state index in [1.807, 2.05) is 6.92 Å². The van der Waals surface area contributed by atoms with Crippen molar-refractivity contribution < 1.29 is 4.42 Å². The maximum absolute atomic E-state index is 5.66. The van der Waals surface area contributed by atoms with Crippen LogP contribution in [0, 0.1) is 6.92 Å². The summed E-state index contributed by atoms with van der Waals surface area (Å²) < 4.78 is 5.66. The van der Waals surface area contributed by atoms with Gasteiger partial charge in [0.2, 0.25) is 0 Å². The summed E-state index contributed by atoms with van der Waals surface area (Å²) in [6.45, 7) is 1.97. The summed E-state index contributed by atoms with van der Waals surface area (Å²) in [5, 5.41) is 6.84. The Bertz CT molecular complexity index is 453. The Morgan fingerprint density at radius 1 is 1.43 bits per heavy atom. The van der Waals surface area contributed by atoms with E-state index in [2.05, 4.69) is 15.2 Å². The molecule has 1 aliphatic carbocycles. The zero-order valence-corrected chi connectivity index (χ0v) is 7.95. The lowest BCUT2D eigenvalue weighted by Gasteiger charge is -1.91. The summed E-state index contributed by atoms with van der Waals surface area (Å²) in [4.78, 5) is 4.27. The standard InChI is InChI=1S/C10H11N3O/c1-6-8(4-12-13-6)9-5-11-10(14-9)7-2-3-7/h4-5,7H,2-3H2,1H3,(H,12,13). The van der Waals surface area contributed by atoms with E-state index in [9.17, 15) is 0 Å². The quantitative estimate of drug-likeness (QED) is 0.788. The molecule has 4 nitrogen and oxygen atoms in total. The summed E-state index contributed by atoms with van der Waals surface area (Å²) in [7, 11) is 0. The van der Waals surface area contributed by atoms with E-state index in [0.717, 1.165) is 22.9 Å². The second kappa shape index (κ2) is 2.70. The van der Waals surface area contributed by atoms with Gasteiger partial charge in [-0.1, -0.05) is 0 Å². The molecule has 0 unspecified atom stereocenters. The monoisotopic (exact) mass is 189 g/mol. The van der Waals surface area contributed by atoms with Crippen LogP contribution >= 0.6 is 0 Å². The lowest BCUT2D eigenvalue weighted by Crippen LogP contribution is -1.75. The molecule has 1 aliphatic rings. The molecule has 0 amide bonds. The molecule has 72 valence electrons. The van der Waals surface area contributed by atoms with Crippen molar-refractivity contribution in [2.75, 3.05) is 0 Å². The van der Waals surface area contributed by atoms with E-state index in [4.69, 9.17) is 4.42 Å². The number of aromatic amines is 1. The van der Waals surface area contributed by atoms with Gasteiger partial charge >= 0.3 is 0 Å². The Hall–Kier alpha value is -1.58. The molecule has 0 aliphatic heterocycles. The summed E-state index contributed by atoms with van der Waals surface area (Å²) in [5.41, 5.74) is 2.02. The van der Waals surface area contributed by atoms with Crippen LogP contribution in [0.5, 0.6) is 0 Å². The molecule has 0 atom stereocenters. The topological polar surface area (TPSA) is 54.7 Å². The molecule has 0 spiro atoms. The second-order valence-electron chi connectivity index (χ2n) is 3.75. The Morgan fingerprint density at radius 2 is 2.29 bits per heavy atom. The van der Waals surface area contributed by atoms with Crippen molar-refractivity contribution in [1.29, 1.82) is 0 Å². The van der Waals surface area contributed by atoms with Crippen LogP contribution in [0.4, 0.5) is 0 Å². The van der Waals surface area contributed by atoms with Crippen LogP contribution in [0.1, 0.15) is 30.3 Å². The van der Waals surface area contributed by atoms with Gasteiger partial charge in [-0.3, -0.25) is 5.10 Å². The first-order valence-electron chi connectivity index (χ1n) is 4.80. The molecule has 0 radical (unpaired) electrons. The molecular formula is C10H11N3O. The molecule has 3 rings (SSSR count). The number of nitrogens with zero attached hydrogens (tertiary/aromatic N) is 2. The van der Waals surface area contributed by atoms with Crippen LogP contribution in [-0.2, 0) is 0 Å². The molecule has 14 heavy (non-hydrogen) atoms. The van der Waals surface area contributed by atoms with E-state index in [1.165, 1.54) is 12.8 Å². The first-order valence-corrected chi connectivity index (χ1v) is 4.80. The van der Waals surface area contributed by atoms with Crippen LogP contribution in [0.2, 0.25) is 0 Å². The van der Waals surface area contributed by atoms with E-state index in [-0.39, 0.29) is 0 Å². The number of hydrogen-bond donors (Lipinski definition) is 1. The number of aryl methyl sites for hydroxylation is 1. The Morgan fingerprint density at radius 3 is 2.93 bits per heavy atom. The average molecular weight is 189 g/mol. The third-order valence-corrected chi connectivity index (χ3v) is 2.55. The molecule has 0 bridgehead atoms. The largest absolute Gasteiger partial charge is 0.440 e. The Labute approximate surface area is 81.4 Å². The van der Waals surface area contributed by atoms with Crippen molar-refractivity contribution in [1.82, 2.24) is 15.2 Å². The highest BCUT2D eigenvalue weighted by molar-refractivity contribution is 5.57. The molecule has 1 N–H and O–H groups in total. The molecular weight excluding hydrogens is 178 g/mol. The van der Waals surface area contributed by atoms with Crippen molar-refractivity contribution >= 4 is 0 Å². The van der Waals surface area contributed by atoms with Crippen LogP contribution in [0.3, 0.4) is 0 Å². The molecule has 1 fully saturated rings. The fraction of sp³-hybridized carbons (Fsp3) is 0.400. The maximum atomic E-state index is 5.66. The van der Waals surface area contributed by atoms with Gasteiger partial charge in [-0.15, -0.1) is 0 Å². The van der Waals surface area contributed by atoms with Gasteiger partial charge in [-0.2, -0.15) is 5.10 Å². The lowest BCUT2D eigenvalue weighted by molar-refractivity contribution is 0.509. The normalized spacial score (nSPS) is 16.1. The number of hydrogen-bond acceptors (Lipinski definition) is 3. The fourth-order valence-corrected chi connectivity index (χ4v) is 1.53. The summed E-state index contributed by atoms with van der Waals surface area (Å²) >= 11 is 0. The highest BCUT2D eigenvalue weighted by atomic mass is 16.4. The van der Waals surface area contributed by atoms with Gasteiger partial charge in [0.05, 0.1) is 18.0 Å². The molecule has 1 saturated carbocycles. The summed E-state index contributed by atoms with van der Waals surface area (Å²) in [5.74, 6) is 2.26. The van der Waals surface area contributed by atoms with Gasteiger partial charge < -0.3 is 4.42 Å². The first kappa shape index (κ1) is 7.79. The minimum absolute atomic E-state index is 0.566. The van der Waals surface area contributed by atoms with E-state index in [0.29, 0.717) is 5.92 Å². The third-order valence-electron chi connectivity index (χ3n) is 2.55. The van der Waals surface area contributed by atoms with Gasteiger partial charge in [-0.05, 0) is 19.8 Å². The minimum Gasteiger partial charge on any atom is -0.440 e. The smallest absolute Gasteiger partial charge is 0.198 e. The first-order chi connectivity index (χ1) is 6.84. The zero-order valence-electron chi connectivity index (χ0n) is 7.95.